The summed E-state index contributed by atoms with van der Waals surface area (Å²) in [4.78, 5) is 2.22. The number of likely N-dealkylation sites (N-methyl/N-ethyl adjacent to an activating group) is 1. The van der Waals surface area contributed by atoms with Crippen molar-refractivity contribution in [2.45, 2.75) is 12.5 Å². The number of benzene rings is 2. The Morgan fingerprint density at radius 2 is 1.87 bits per heavy atom. The molecule has 0 bridgehead atoms. The van der Waals surface area contributed by atoms with Gasteiger partial charge in [-0.05, 0) is 56.5 Å². The third-order valence-corrected chi connectivity index (χ3v) is 4.36. The fraction of sp³-hybridized carbons (Fsp3) is 0.278. The summed E-state index contributed by atoms with van der Waals surface area (Å²) in [6.45, 7) is 0.793. The molecule has 0 radical (unpaired) electrons. The molecule has 0 saturated heterocycles. The molecule has 2 N–H and O–H groups in total. The monoisotopic (exact) mass is 391 g/mol. The summed E-state index contributed by atoms with van der Waals surface area (Å²) in [6, 6.07) is 18.9. The lowest BCUT2D eigenvalue weighted by Gasteiger charge is -2.25. The Bertz CT molecular complexity index is 631. The molecular weight excluding hydrogens is 370 g/mol. The smallest absolute Gasteiger partial charge is 0.170 e. The van der Waals surface area contributed by atoms with Crippen molar-refractivity contribution in [3.05, 3.63) is 64.6 Å². The standard InChI is InChI=1S/C18H22BrN3S/c1-22(2)17(11-14-7-4-3-5-8-14)13-20-18(23)21-16-10-6-9-15(19)12-16/h3-10,12,17H,11,13H2,1-2H3,(H2,20,21,23)/t17-/m1/s1. The molecule has 0 heterocycles. The average Bonchev–Trinajstić information content (AvgIpc) is 2.52. The highest BCUT2D eigenvalue weighted by Crippen LogP contribution is 2.15. The molecule has 23 heavy (non-hydrogen) atoms. The van der Waals surface area contributed by atoms with Crippen molar-refractivity contribution in [3.8, 4) is 0 Å². The van der Waals surface area contributed by atoms with Crippen LogP contribution in [0.4, 0.5) is 5.69 Å². The van der Waals surface area contributed by atoms with Gasteiger partial charge in [0, 0.05) is 22.7 Å². The lowest BCUT2D eigenvalue weighted by molar-refractivity contribution is 0.291. The Kier molecular flexibility index (Phi) is 7.02. The van der Waals surface area contributed by atoms with E-state index in [1.807, 2.05) is 30.3 Å². The number of thiocarbonyl (C=S) groups is 1. The number of anilines is 1. The first-order chi connectivity index (χ1) is 11.0. The van der Waals surface area contributed by atoms with E-state index in [4.69, 9.17) is 12.2 Å². The Morgan fingerprint density at radius 1 is 1.13 bits per heavy atom. The van der Waals surface area contributed by atoms with Crippen LogP contribution in [0.5, 0.6) is 0 Å². The predicted molar refractivity (Wildman–Crippen MR) is 106 cm³/mol. The van der Waals surface area contributed by atoms with Crippen LogP contribution in [0.1, 0.15) is 5.56 Å². The Balaban J connectivity index is 1.87. The molecule has 0 fully saturated rings. The topological polar surface area (TPSA) is 27.3 Å². The van der Waals surface area contributed by atoms with Crippen molar-refractivity contribution in [2.24, 2.45) is 0 Å². The van der Waals surface area contributed by atoms with E-state index in [9.17, 15) is 0 Å². The molecule has 0 aliphatic carbocycles. The summed E-state index contributed by atoms with van der Waals surface area (Å²) < 4.78 is 1.03. The van der Waals surface area contributed by atoms with Crippen LogP contribution in [0.25, 0.3) is 0 Å². The highest BCUT2D eigenvalue weighted by Gasteiger charge is 2.12. The van der Waals surface area contributed by atoms with Crippen molar-refractivity contribution in [1.82, 2.24) is 10.2 Å². The van der Waals surface area contributed by atoms with Gasteiger partial charge < -0.3 is 15.5 Å². The molecule has 0 unspecified atom stereocenters. The normalized spacial score (nSPS) is 12.0. The van der Waals surface area contributed by atoms with Crippen LogP contribution < -0.4 is 10.6 Å². The van der Waals surface area contributed by atoms with Crippen LogP contribution >= 0.6 is 28.1 Å². The molecule has 0 aliphatic heterocycles. The highest BCUT2D eigenvalue weighted by atomic mass is 79.9. The van der Waals surface area contributed by atoms with Gasteiger partial charge in [-0.25, -0.2) is 0 Å². The second-order valence-electron chi connectivity index (χ2n) is 5.65. The lowest BCUT2D eigenvalue weighted by atomic mass is 10.1. The molecule has 1 atom stereocenters. The molecule has 0 amide bonds. The summed E-state index contributed by atoms with van der Waals surface area (Å²) in [5.74, 6) is 0. The van der Waals surface area contributed by atoms with E-state index in [0.29, 0.717) is 11.2 Å². The van der Waals surface area contributed by atoms with Crippen molar-refractivity contribution < 1.29 is 0 Å². The highest BCUT2D eigenvalue weighted by molar-refractivity contribution is 9.10. The molecule has 0 saturated carbocycles. The second-order valence-corrected chi connectivity index (χ2v) is 6.98. The summed E-state index contributed by atoms with van der Waals surface area (Å²) in [5, 5.41) is 7.17. The van der Waals surface area contributed by atoms with Crippen LogP contribution in [-0.4, -0.2) is 36.7 Å². The molecule has 2 aromatic rings. The van der Waals surface area contributed by atoms with Gasteiger partial charge in [-0.15, -0.1) is 0 Å². The number of halogens is 1. The maximum Gasteiger partial charge on any atom is 0.170 e. The number of hydrogen-bond donors (Lipinski definition) is 2. The van der Waals surface area contributed by atoms with Gasteiger partial charge in [0.1, 0.15) is 0 Å². The van der Waals surface area contributed by atoms with Gasteiger partial charge in [-0.3, -0.25) is 0 Å². The minimum Gasteiger partial charge on any atom is -0.361 e. The molecule has 0 spiro atoms. The van der Waals surface area contributed by atoms with Crippen molar-refractivity contribution in [2.75, 3.05) is 26.0 Å². The van der Waals surface area contributed by atoms with Gasteiger partial charge in [0.25, 0.3) is 0 Å². The maximum atomic E-state index is 5.39. The Hall–Kier alpha value is -1.43. The minimum absolute atomic E-state index is 0.375. The van der Waals surface area contributed by atoms with Gasteiger partial charge in [-0.2, -0.15) is 0 Å². The molecule has 122 valence electrons. The fourth-order valence-electron chi connectivity index (χ4n) is 2.28. The number of nitrogens with one attached hydrogen (secondary N) is 2. The molecule has 0 aliphatic rings. The number of nitrogens with zero attached hydrogens (tertiary/aromatic N) is 1. The minimum atomic E-state index is 0.375. The summed E-state index contributed by atoms with van der Waals surface area (Å²) in [5.41, 5.74) is 2.31. The third kappa shape index (κ3) is 6.29. The molecule has 2 rings (SSSR count). The number of rotatable bonds is 6. The summed E-state index contributed by atoms with van der Waals surface area (Å²) in [6.07, 6.45) is 0.986. The predicted octanol–water partition coefficient (Wildman–Crippen LogP) is 3.91. The quantitative estimate of drug-likeness (QED) is 0.729. The molecule has 2 aromatic carbocycles. The van der Waals surface area contributed by atoms with Crippen LogP contribution in [-0.2, 0) is 6.42 Å². The zero-order valence-electron chi connectivity index (χ0n) is 13.4. The molecular formula is C18H22BrN3S. The van der Waals surface area contributed by atoms with Crippen LogP contribution in [0, 0.1) is 0 Å². The van der Waals surface area contributed by atoms with Crippen LogP contribution in [0.3, 0.4) is 0 Å². The number of hydrogen-bond acceptors (Lipinski definition) is 2. The van der Waals surface area contributed by atoms with Gasteiger partial charge >= 0.3 is 0 Å². The van der Waals surface area contributed by atoms with E-state index in [0.717, 1.165) is 23.1 Å². The van der Waals surface area contributed by atoms with Crippen LogP contribution in [0.15, 0.2) is 59.1 Å². The van der Waals surface area contributed by atoms with E-state index in [2.05, 4.69) is 69.8 Å². The maximum absolute atomic E-state index is 5.39. The average molecular weight is 392 g/mol. The first-order valence-corrected chi connectivity index (χ1v) is 8.75. The van der Waals surface area contributed by atoms with Crippen LogP contribution in [0.2, 0.25) is 0 Å². The zero-order chi connectivity index (χ0) is 16.7. The van der Waals surface area contributed by atoms with Crippen molar-refractivity contribution in [1.29, 1.82) is 0 Å². The lowest BCUT2D eigenvalue weighted by Crippen LogP contribution is -2.42. The van der Waals surface area contributed by atoms with E-state index in [1.165, 1.54) is 5.56 Å². The van der Waals surface area contributed by atoms with Gasteiger partial charge in [0.05, 0.1) is 0 Å². The van der Waals surface area contributed by atoms with E-state index >= 15 is 0 Å². The third-order valence-electron chi connectivity index (χ3n) is 3.63. The Labute approximate surface area is 152 Å². The molecule has 3 nitrogen and oxygen atoms in total. The fourth-order valence-corrected chi connectivity index (χ4v) is 2.88. The zero-order valence-corrected chi connectivity index (χ0v) is 15.8. The first kappa shape index (κ1) is 17.9. The summed E-state index contributed by atoms with van der Waals surface area (Å²) in [7, 11) is 4.19. The molecule has 5 heteroatoms. The molecule has 0 aromatic heterocycles. The van der Waals surface area contributed by atoms with E-state index < -0.39 is 0 Å². The SMILES string of the molecule is CN(C)[C@@H](CNC(=S)Nc1cccc(Br)c1)Cc1ccccc1. The van der Waals surface area contributed by atoms with E-state index in [-0.39, 0.29) is 0 Å². The van der Waals surface area contributed by atoms with Crippen molar-refractivity contribution >= 4 is 38.9 Å². The summed E-state index contributed by atoms with van der Waals surface area (Å²) >= 11 is 8.85. The Morgan fingerprint density at radius 3 is 2.52 bits per heavy atom. The van der Waals surface area contributed by atoms with Gasteiger partial charge in [0.2, 0.25) is 0 Å². The van der Waals surface area contributed by atoms with E-state index in [1.54, 1.807) is 0 Å². The van der Waals surface area contributed by atoms with Crippen molar-refractivity contribution in [3.63, 3.8) is 0 Å². The van der Waals surface area contributed by atoms with Gasteiger partial charge in [-0.1, -0.05) is 52.3 Å². The second kappa shape index (κ2) is 9.01. The van der Waals surface area contributed by atoms with Gasteiger partial charge in [0.15, 0.2) is 5.11 Å². The first-order valence-electron chi connectivity index (χ1n) is 7.55. The largest absolute Gasteiger partial charge is 0.361 e.